The lowest BCUT2D eigenvalue weighted by Gasteiger charge is -2.21. The standard InChI is InChI=1S/C15H19BrO/c1-11(17)15(13-6-2-3-7-13)14-8-4-5-12(9-14)10-16/h4-5,8-9,13,15H,2-3,6-7,10H2,1H3. The van der Waals surface area contributed by atoms with E-state index in [0.29, 0.717) is 11.7 Å². The van der Waals surface area contributed by atoms with E-state index in [1.165, 1.54) is 36.8 Å². The molecule has 1 aliphatic carbocycles. The van der Waals surface area contributed by atoms with Crippen LogP contribution in [0, 0.1) is 5.92 Å². The SMILES string of the molecule is CC(=O)C(c1cccc(CBr)c1)C1CCCC1. The van der Waals surface area contributed by atoms with E-state index in [1.54, 1.807) is 6.92 Å². The van der Waals surface area contributed by atoms with Crippen molar-refractivity contribution in [3.8, 4) is 0 Å². The monoisotopic (exact) mass is 294 g/mol. The van der Waals surface area contributed by atoms with E-state index in [-0.39, 0.29) is 5.92 Å². The summed E-state index contributed by atoms with van der Waals surface area (Å²) in [6.07, 6.45) is 4.99. The van der Waals surface area contributed by atoms with E-state index in [0.717, 1.165) is 5.33 Å². The van der Waals surface area contributed by atoms with Gasteiger partial charge in [-0.15, -0.1) is 0 Å². The molecule has 92 valence electrons. The lowest BCUT2D eigenvalue weighted by molar-refractivity contribution is -0.119. The fraction of sp³-hybridized carbons (Fsp3) is 0.533. The van der Waals surface area contributed by atoms with Gasteiger partial charge in [0.05, 0.1) is 0 Å². The second kappa shape index (κ2) is 5.81. The lowest BCUT2D eigenvalue weighted by atomic mass is 9.82. The summed E-state index contributed by atoms with van der Waals surface area (Å²) < 4.78 is 0. The molecule has 0 heterocycles. The highest BCUT2D eigenvalue weighted by atomic mass is 79.9. The first-order valence-corrected chi connectivity index (χ1v) is 7.49. The van der Waals surface area contributed by atoms with Crippen LogP contribution in [0.2, 0.25) is 0 Å². The molecule has 2 rings (SSSR count). The van der Waals surface area contributed by atoms with Crippen LogP contribution in [0.4, 0.5) is 0 Å². The van der Waals surface area contributed by atoms with Gasteiger partial charge < -0.3 is 0 Å². The molecule has 1 aliphatic rings. The second-order valence-electron chi connectivity index (χ2n) is 5.01. The molecule has 1 nitrogen and oxygen atoms in total. The predicted octanol–water partition coefficient (Wildman–Crippen LogP) is 4.44. The quantitative estimate of drug-likeness (QED) is 0.750. The number of carbonyl (C=O) groups excluding carboxylic acids is 1. The zero-order valence-corrected chi connectivity index (χ0v) is 11.9. The Morgan fingerprint density at radius 1 is 1.41 bits per heavy atom. The molecule has 0 spiro atoms. The van der Waals surface area contributed by atoms with Gasteiger partial charge in [0, 0.05) is 11.2 Å². The van der Waals surface area contributed by atoms with Gasteiger partial charge in [-0.3, -0.25) is 4.79 Å². The fourth-order valence-electron chi connectivity index (χ4n) is 3.00. The lowest BCUT2D eigenvalue weighted by Crippen LogP contribution is -2.17. The van der Waals surface area contributed by atoms with Crippen LogP contribution >= 0.6 is 15.9 Å². The first-order chi connectivity index (χ1) is 8.22. The van der Waals surface area contributed by atoms with E-state index in [1.807, 2.05) is 0 Å². The van der Waals surface area contributed by atoms with Crippen LogP contribution in [0.3, 0.4) is 0 Å². The van der Waals surface area contributed by atoms with Crippen LogP contribution in [0.15, 0.2) is 24.3 Å². The molecule has 1 saturated carbocycles. The Morgan fingerprint density at radius 3 is 2.71 bits per heavy atom. The summed E-state index contributed by atoms with van der Waals surface area (Å²) in [5, 5.41) is 0.857. The topological polar surface area (TPSA) is 17.1 Å². The van der Waals surface area contributed by atoms with E-state index in [4.69, 9.17) is 0 Å². The molecular formula is C15H19BrO. The molecule has 1 aromatic rings. The number of halogens is 1. The number of Topliss-reactive ketones (excluding diaryl/α,β-unsaturated/α-hetero) is 1. The minimum Gasteiger partial charge on any atom is -0.299 e. The van der Waals surface area contributed by atoms with Crippen LogP contribution < -0.4 is 0 Å². The third-order valence-electron chi connectivity index (χ3n) is 3.77. The van der Waals surface area contributed by atoms with Crippen molar-refractivity contribution in [1.29, 1.82) is 0 Å². The molecule has 1 fully saturated rings. The maximum Gasteiger partial charge on any atom is 0.137 e. The van der Waals surface area contributed by atoms with Crippen molar-refractivity contribution in [2.24, 2.45) is 5.92 Å². The molecule has 1 atom stereocenters. The third kappa shape index (κ3) is 2.98. The first-order valence-electron chi connectivity index (χ1n) is 6.37. The summed E-state index contributed by atoms with van der Waals surface area (Å²) in [7, 11) is 0. The highest BCUT2D eigenvalue weighted by Gasteiger charge is 2.29. The Hall–Kier alpha value is -0.630. The molecule has 0 bridgehead atoms. The molecule has 0 N–H and O–H groups in total. The van der Waals surface area contributed by atoms with Gasteiger partial charge in [0.1, 0.15) is 5.78 Å². The number of alkyl halides is 1. The van der Waals surface area contributed by atoms with Crippen molar-refractivity contribution >= 4 is 21.7 Å². The van der Waals surface area contributed by atoms with Gasteiger partial charge in [-0.05, 0) is 36.8 Å². The van der Waals surface area contributed by atoms with Crippen molar-refractivity contribution in [2.75, 3.05) is 0 Å². The van der Waals surface area contributed by atoms with Crippen molar-refractivity contribution < 1.29 is 4.79 Å². The van der Waals surface area contributed by atoms with Gasteiger partial charge in [0.2, 0.25) is 0 Å². The number of hydrogen-bond acceptors (Lipinski definition) is 1. The fourth-order valence-corrected chi connectivity index (χ4v) is 3.35. The minimum atomic E-state index is 0.122. The number of hydrogen-bond donors (Lipinski definition) is 0. The molecule has 0 amide bonds. The van der Waals surface area contributed by atoms with Gasteiger partial charge in [-0.25, -0.2) is 0 Å². The molecular weight excluding hydrogens is 276 g/mol. The Kier molecular flexibility index (Phi) is 4.38. The largest absolute Gasteiger partial charge is 0.299 e. The molecule has 1 aromatic carbocycles. The van der Waals surface area contributed by atoms with Gasteiger partial charge in [0.25, 0.3) is 0 Å². The highest BCUT2D eigenvalue weighted by Crippen LogP contribution is 2.38. The van der Waals surface area contributed by atoms with Crippen molar-refractivity contribution in [1.82, 2.24) is 0 Å². The van der Waals surface area contributed by atoms with E-state index >= 15 is 0 Å². The highest BCUT2D eigenvalue weighted by molar-refractivity contribution is 9.08. The zero-order valence-electron chi connectivity index (χ0n) is 10.3. The summed E-state index contributed by atoms with van der Waals surface area (Å²) in [5.74, 6) is 1.01. The second-order valence-corrected chi connectivity index (χ2v) is 5.57. The van der Waals surface area contributed by atoms with Crippen molar-refractivity contribution in [3.05, 3.63) is 35.4 Å². The maximum atomic E-state index is 11.9. The third-order valence-corrected chi connectivity index (χ3v) is 4.42. The average molecular weight is 295 g/mol. The summed E-state index contributed by atoms with van der Waals surface area (Å²) in [6, 6.07) is 8.45. The average Bonchev–Trinajstić information content (AvgIpc) is 2.83. The Balaban J connectivity index is 2.28. The number of rotatable bonds is 4. The van der Waals surface area contributed by atoms with Gasteiger partial charge in [-0.1, -0.05) is 53.0 Å². The van der Waals surface area contributed by atoms with Gasteiger partial charge in [0.15, 0.2) is 0 Å². The minimum absolute atomic E-state index is 0.122. The van der Waals surface area contributed by atoms with E-state index in [2.05, 4.69) is 40.2 Å². The predicted molar refractivity (Wildman–Crippen MR) is 74.5 cm³/mol. The first kappa shape index (κ1) is 12.8. The molecule has 0 radical (unpaired) electrons. The molecule has 1 unspecified atom stereocenters. The van der Waals surface area contributed by atoms with Crippen molar-refractivity contribution in [2.45, 2.75) is 43.9 Å². The summed E-state index contributed by atoms with van der Waals surface area (Å²) >= 11 is 3.48. The van der Waals surface area contributed by atoms with Crippen LogP contribution in [-0.4, -0.2) is 5.78 Å². The Bertz CT molecular complexity index is 394. The molecule has 17 heavy (non-hydrogen) atoms. The summed E-state index contributed by atoms with van der Waals surface area (Å²) in [5.41, 5.74) is 2.47. The van der Waals surface area contributed by atoms with Gasteiger partial charge >= 0.3 is 0 Å². The molecule has 2 heteroatoms. The number of ketones is 1. The Labute approximate surface area is 112 Å². The normalized spacial score (nSPS) is 18.2. The van der Waals surface area contributed by atoms with E-state index in [9.17, 15) is 4.79 Å². The summed E-state index contributed by atoms with van der Waals surface area (Å²) in [4.78, 5) is 11.9. The molecule has 0 aromatic heterocycles. The summed E-state index contributed by atoms with van der Waals surface area (Å²) in [6.45, 7) is 1.74. The van der Waals surface area contributed by atoms with Crippen molar-refractivity contribution in [3.63, 3.8) is 0 Å². The molecule has 0 saturated heterocycles. The number of benzene rings is 1. The van der Waals surface area contributed by atoms with E-state index < -0.39 is 0 Å². The Morgan fingerprint density at radius 2 is 2.12 bits per heavy atom. The van der Waals surface area contributed by atoms with Gasteiger partial charge in [-0.2, -0.15) is 0 Å². The number of carbonyl (C=O) groups is 1. The molecule has 0 aliphatic heterocycles. The van der Waals surface area contributed by atoms with Crippen LogP contribution in [0.25, 0.3) is 0 Å². The zero-order chi connectivity index (χ0) is 12.3. The van der Waals surface area contributed by atoms with Crippen LogP contribution in [-0.2, 0) is 10.1 Å². The van der Waals surface area contributed by atoms with Crippen LogP contribution in [0.1, 0.15) is 49.7 Å². The smallest absolute Gasteiger partial charge is 0.137 e. The van der Waals surface area contributed by atoms with Crippen LogP contribution in [0.5, 0.6) is 0 Å². The maximum absolute atomic E-state index is 11.9.